The van der Waals surface area contributed by atoms with E-state index in [0.29, 0.717) is 22.4 Å². The molecule has 1 unspecified atom stereocenters. The minimum absolute atomic E-state index is 0.0371. The van der Waals surface area contributed by atoms with E-state index in [1.165, 1.54) is 0 Å². The Morgan fingerprint density at radius 3 is 2.67 bits per heavy atom. The standard InChI is InChI=1S/C14H19Cl2N5/c1-9(2)7-21-13(19-8-20-21)5-12(17-3)14-11(16)4-10(15)6-18-14/h4,6,8-9,12,17H,5,7H2,1-3H3. The first-order chi connectivity index (χ1) is 10.0. The van der Waals surface area contributed by atoms with Crippen LogP contribution in [0.2, 0.25) is 10.0 Å². The summed E-state index contributed by atoms with van der Waals surface area (Å²) in [6.07, 6.45) is 3.85. The minimum atomic E-state index is -0.0371. The van der Waals surface area contributed by atoms with Gasteiger partial charge < -0.3 is 5.32 Å². The first kappa shape index (κ1) is 16.2. The largest absolute Gasteiger partial charge is 0.311 e. The normalized spacial score (nSPS) is 12.9. The smallest absolute Gasteiger partial charge is 0.138 e. The van der Waals surface area contributed by atoms with E-state index in [9.17, 15) is 0 Å². The Kier molecular flexibility index (Phi) is 5.56. The maximum atomic E-state index is 6.24. The van der Waals surface area contributed by atoms with Crippen molar-refractivity contribution in [3.05, 3.63) is 40.2 Å². The van der Waals surface area contributed by atoms with Crippen LogP contribution in [0.1, 0.15) is 31.4 Å². The number of hydrogen-bond acceptors (Lipinski definition) is 4. The Hall–Kier alpha value is -1.17. The van der Waals surface area contributed by atoms with Gasteiger partial charge >= 0.3 is 0 Å². The van der Waals surface area contributed by atoms with Gasteiger partial charge in [0.1, 0.15) is 12.2 Å². The number of pyridine rings is 1. The van der Waals surface area contributed by atoms with Gasteiger partial charge in [-0.3, -0.25) is 4.98 Å². The van der Waals surface area contributed by atoms with Crippen molar-refractivity contribution in [1.82, 2.24) is 25.1 Å². The summed E-state index contributed by atoms with van der Waals surface area (Å²) in [5, 5.41) is 8.59. The van der Waals surface area contributed by atoms with Crippen molar-refractivity contribution in [2.75, 3.05) is 7.05 Å². The van der Waals surface area contributed by atoms with E-state index in [2.05, 4.69) is 34.2 Å². The predicted molar refractivity (Wildman–Crippen MR) is 84.6 cm³/mol. The molecule has 0 radical (unpaired) electrons. The fraction of sp³-hybridized carbons (Fsp3) is 0.500. The number of rotatable bonds is 6. The fourth-order valence-electron chi connectivity index (χ4n) is 2.14. The Morgan fingerprint density at radius 2 is 2.05 bits per heavy atom. The second-order valence-corrected chi connectivity index (χ2v) is 6.16. The molecular formula is C14H19Cl2N5. The molecule has 0 spiro atoms. The van der Waals surface area contributed by atoms with Gasteiger partial charge in [-0.25, -0.2) is 9.67 Å². The van der Waals surface area contributed by atoms with Crippen LogP contribution < -0.4 is 5.32 Å². The molecular weight excluding hydrogens is 309 g/mol. The van der Waals surface area contributed by atoms with E-state index in [0.717, 1.165) is 18.1 Å². The monoisotopic (exact) mass is 327 g/mol. The Balaban J connectivity index is 2.21. The van der Waals surface area contributed by atoms with Crippen molar-refractivity contribution in [2.24, 2.45) is 5.92 Å². The third kappa shape index (κ3) is 4.15. The summed E-state index contributed by atoms with van der Waals surface area (Å²) in [6.45, 7) is 5.14. The van der Waals surface area contributed by atoms with Crippen LogP contribution in [0.5, 0.6) is 0 Å². The first-order valence-corrected chi connectivity index (χ1v) is 7.61. The Labute approximate surface area is 134 Å². The Morgan fingerprint density at radius 1 is 1.29 bits per heavy atom. The van der Waals surface area contributed by atoms with Gasteiger partial charge in [-0.2, -0.15) is 5.10 Å². The molecule has 7 heteroatoms. The minimum Gasteiger partial charge on any atom is -0.311 e. The van der Waals surface area contributed by atoms with Crippen molar-refractivity contribution < 1.29 is 0 Å². The van der Waals surface area contributed by atoms with Gasteiger partial charge in [0.15, 0.2) is 0 Å². The SMILES string of the molecule is CNC(Cc1ncnn1CC(C)C)c1ncc(Cl)cc1Cl. The predicted octanol–water partition coefficient (Wildman–Crippen LogP) is 3.14. The maximum absolute atomic E-state index is 6.24. The lowest BCUT2D eigenvalue weighted by atomic mass is 10.1. The summed E-state index contributed by atoms with van der Waals surface area (Å²) in [5.74, 6) is 1.42. The summed E-state index contributed by atoms with van der Waals surface area (Å²) in [6, 6.07) is 1.67. The molecule has 114 valence electrons. The van der Waals surface area contributed by atoms with Crippen molar-refractivity contribution >= 4 is 23.2 Å². The van der Waals surface area contributed by atoms with Gasteiger partial charge in [0.2, 0.25) is 0 Å². The molecule has 2 aromatic heterocycles. The molecule has 21 heavy (non-hydrogen) atoms. The van der Waals surface area contributed by atoms with E-state index in [1.807, 2.05) is 11.7 Å². The van der Waals surface area contributed by atoms with Crippen LogP contribution in [-0.4, -0.2) is 26.8 Å². The van der Waals surface area contributed by atoms with Crippen LogP contribution in [0.15, 0.2) is 18.6 Å². The van der Waals surface area contributed by atoms with Crippen molar-refractivity contribution in [2.45, 2.75) is 32.9 Å². The van der Waals surface area contributed by atoms with Crippen LogP contribution in [0.4, 0.5) is 0 Å². The zero-order chi connectivity index (χ0) is 15.4. The van der Waals surface area contributed by atoms with Crippen LogP contribution in [-0.2, 0) is 13.0 Å². The van der Waals surface area contributed by atoms with Crippen molar-refractivity contribution in [3.8, 4) is 0 Å². The molecule has 0 saturated carbocycles. The molecule has 1 atom stereocenters. The number of nitrogens with one attached hydrogen (secondary N) is 1. The number of nitrogens with zero attached hydrogens (tertiary/aromatic N) is 4. The Bertz CT molecular complexity index is 597. The van der Waals surface area contributed by atoms with Gasteiger partial charge in [-0.05, 0) is 19.0 Å². The summed E-state index contributed by atoms with van der Waals surface area (Å²) in [4.78, 5) is 8.68. The third-order valence-electron chi connectivity index (χ3n) is 3.14. The fourth-order valence-corrected chi connectivity index (χ4v) is 2.66. The zero-order valence-electron chi connectivity index (χ0n) is 12.3. The lowest BCUT2D eigenvalue weighted by Gasteiger charge is -2.17. The number of halogens is 2. The highest BCUT2D eigenvalue weighted by atomic mass is 35.5. The summed E-state index contributed by atoms with van der Waals surface area (Å²) in [7, 11) is 1.88. The van der Waals surface area contributed by atoms with Crippen LogP contribution in [0.3, 0.4) is 0 Å². The quantitative estimate of drug-likeness (QED) is 0.885. The van der Waals surface area contributed by atoms with Crippen LogP contribution in [0.25, 0.3) is 0 Å². The molecule has 2 aromatic rings. The molecule has 0 saturated heterocycles. The van der Waals surface area contributed by atoms with Gasteiger partial charge in [-0.15, -0.1) is 0 Å². The van der Waals surface area contributed by atoms with E-state index in [-0.39, 0.29) is 6.04 Å². The maximum Gasteiger partial charge on any atom is 0.138 e. The van der Waals surface area contributed by atoms with Gasteiger partial charge in [-0.1, -0.05) is 37.0 Å². The molecule has 0 bridgehead atoms. The van der Waals surface area contributed by atoms with E-state index >= 15 is 0 Å². The molecule has 0 aliphatic carbocycles. The average Bonchev–Trinajstić information content (AvgIpc) is 2.83. The molecule has 2 rings (SSSR count). The van der Waals surface area contributed by atoms with Gasteiger partial charge in [0, 0.05) is 19.2 Å². The summed E-state index contributed by atoms with van der Waals surface area (Å²) >= 11 is 12.1. The van der Waals surface area contributed by atoms with Crippen LogP contribution in [0, 0.1) is 5.92 Å². The first-order valence-electron chi connectivity index (χ1n) is 6.86. The number of aromatic nitrogens is 4. The molecule has 0 fully saturated rings. The highest BCUT2D eigenvalue weighted by Gasteiger charge is 2.18. The summed E-state index contributed by atoms with van der Waals surface area (Å²) < 4.78 is 1.93. The summed E-state index contributed by atoms with van der Waals surface area (Å²) in [5.41, 5.74) is 0.766. The third-order valence-corrected chi connectivity index (χ3v) is 3.64. The highest BCUT2D eigenvalue weighted by molar-refractivity contribution is 6.34. The lowest BCUT2D eigenvalue weighted by Crippen LogP contribution is -2.23. The number of hydrogen-bond donors (Lipinski definition) is 1. The van der Waals surface area contributed by atoms with Gasteiger partial charge in [0.05, 0.1) is 21.8 Å². The average molecular weight is 328 g/mol. The van der Waals surface area contributed by atoms with Gasteiger partial charge in [0.25, 0.3) is 0 Å². The molecule has 0 amide bonds. The van der Waals surface area contributed by atoms with Crippen LogP contribution >= 0.6 is 23.2 Å². The molecule has 0 aromatic carbocycles. The molecule has 5 nitrogen and oxygen atoms in total. The lowest BCUT2D eigenvalue weighted by molar-refractivity contribution is 0.449. The second-order valence-electron chi connectivity index (χ2n) is 5.32. The zero-order valence-corrected chi connectivity index (χ0v) is 13.9. The second kappa shape index (κ2) is 7.20. The van der Waals surface area contributed by atoms with Crippen molar-refractivity contribution in [1.29, 1.82) is 0 Å². The molecule has 2 heterocycles. The van der Waals surface area contributed by atoms with E-state index in [4.69, 9.17) is 23.2 Å². The molecule has 0 aliphatic heterocycles. The molecule has 1 N–H and O–H groups in total. The number of likely N-dealkylation sites (N-methyl/N-ethyl adjacent to an activating group) is 1. The van der Waals surface area contributed by atoms with E-state index in [1.54, 1.807) is 18.6 Å². The highest BCUT2D eigenvalue weighted by Crippen LogP contribution is 2.25. The molecule has 0 aliphatic rings. The topological polar surface area (TPSA) is 55.6 Å². The van der Waals surface area contributed by atoms with Crippen molar-refractivity contribution in [3.63, 3.8) is 0 Å². The van der Waals surface area contributed by atoms with E-state index < -0.39 is 0 Å².